The van der Waals surface area contributed by atoms with Crippen molar-refractivity contribution in [2.75, 3.05) is 37.7 Å². The first-order valence-electron chi connectivity index (χ1n) is 10.6. The van der Waals surface area contributed by atoms with Crippen molar-refractivity contribution in [2.45, 2.75) is 24.8 Å². The van der Waals surface area contributed by atoms with Crippen LogP contribution in [0.15, 0.2) is 48.5 Å². The number of hydrogen-bond acceptors (Lipinski definition) is 5. The molecule has 4 rings (SSSR count). The van der Waals surface area contributed by atoms with E-state index in [0.717, 1.165) is 24.3 Å². The lowest BCUT2D eigenvalue weighted by Gasteiger charge is -2.37. The Balaban J connectivity index is 1.53. The standard InChI is InChI=1S/C24H26N4O3/c25-11-12-26-23(30)24(10-9-18-3-1-2-4-20(18)17-24)27-22(29)19-5-7-21(8-6-19)28-13-15-31-16-14-28/h1-8H,9-10,12-17H2,(H,26,30)(H,27,29). The topological polar surface area (TPSA) is 94.5 Å². The van der Waals surface area contributed by atoms with E-state index in [1.807, 2.05) is 36.4 Å². The van der Waals surface area contributed by atoms with Gasteiger partial charge in [0.2, 0.25) is 5.91 Å². The number of benzene rings is 2. The van der Waals surface area contributed by atoms with E-state index in [0.29, 0.717) is 38.0 Å². The second-order valence-corrected chi connectivity index (χ2v) is 7.97. The Kier molecular flexibility index (Phi) is 6.19. The van der Waals surface area contributed by atoms with Crippen molar-refractivity contribution >= 4 is 17.5 Å². The average molecular weight is 418 g/mol. The predicted octanol–water partition coefficient (Wildman–Crippen LogP) is 1.82. The molecular formula is C24H26N4O3. The number of hydrogen-bond donors (Lipinski definition) is 2. The van der Waals surface area contributed by atoms with Gasteiger partial charge in [0, 0.05) is 30.8 Å². The number of carbonyl (C=O) groups excluding carboxylic acids is 2. The molecule has 2 aromatic carbocycles. The van der Waals surface area contributed by atoms with E-state index >= 15 is 0 Å². The van der Waals surface area contributed by atoms with Crippen LogP contribution in [0.25, 0.3) is 0 Å². The summed E-state index contributed by atoms with van der Waals surface area (Å²) in [6, 6.07) is 17.3. The van der Waals surface area contributed by atoms with Crippen molar-refractivity contribution in [2.24, 2.45) is 0 Å². The molecule has 0 bridgehead atoms. The van der Waals surface area contributed by atoms with Gasteiger partial charge in [-0.15, -0.1) is 0 Å². The minimum absolute atomic E-state index is 0.0909. The second kappa shape index (κ2) is 9.19. The molecule has 0 radical (unpaired) electrons. The van der Waals surface area contributed by atoms with Crippen molar-refractivity contribution in [3.63, 3.8) is 0 Å². The molecule has 2 N–H and O–H groups in total. The lowest BCUT2D eigenvalue weighted by Crippen LogP contribution is -2.61. The Labute approximate surface area is 182 Å². The summed E-state index contributed by atoms with van der Waals surface area (Å²) in [6.45, 7) is 2.96. The molecule has 1 aliphatic carbocycles. The van der Waals surface area contributed by atoms with Gasteiger partial charge < -0.3 is 20.3 Å². The fourth-order valence-corrected chi connectivity index (χ4v) is 4.32. The molecule has 160 valence electrons. The van der Waals surface area contributed by atoms with Crippen LogP contribution in [0.4, 0.5) is 5.69 Å². The monoisotopic (exact) mass is 418 g/mol. The normalized spacial score (nSPS) is 20.3. The molecule has 1 unspecified atom stereocenters. The van der Waals surface area contributed by atoms with Gasteiger partial charge in [0.15, 0.2) is 0 Å². The van der Waals surface area contributed by atoms with Gasteiger partial charge in [0.25, 0.3) is 5.91 Å². The smallest absolute Gasteiger partial charge is 0.252 e. The van der Waals surface area contributed by atoms with Gasteiger partial charge in [0.05, 0.1) is 19.3 Å². The summed E-state index contributed by atoms with van der Waals surface area (Å²) in [7, 11) is 0. The molecule has 7 heteroatoms. The number of amides is 2. The quantitative estimate of drug-likeness (QED) is 0.723. The molecule has 1 atom stereocenters. The molecule has 1 aliphatic heterocycles. The van der Waals surface area contributed by atoms with Gasteiger partial charge in [-0.1, -0.05) is 24.3 Å². The van der Waals surface area contributed by atoms with Crippen molar-refractivity contribution in [3.8, 4) is 6.07 Å². The highest BCUT2D eigenvalue weighted by molar-refractivity contribution is 5.99. The number of rotatable bonds is 5. The maximum Gasteiger partial charge on any atom is 0.252 e. The number of morpholine rings is 1. The third-order valence-electron chi connectivity index (χ3n) is 6.05. The number of nitriles is 1. The van der Waals surface area contributed by atoms with Crippen LogP contribution in [0.3, 0.4) is 0 Å². The van der Waals surface area contributed by atoms with Crippen LogP contribution >= 0.6 is 0 Å². The van der Waals surface area contributed by atoms with Crippen LogP contribution in [0.2, 0.25) is 0 Å². The molecular weight excluding hydrogens is 392 g/mol. The fourth-order valence-electron chi connectivity index (χ4n) is 4.32. The van der Waals surface area contributed by atoms with E-state index in [1.54, 1.807) is 12.1 Å². The van der Waals surface area contributed by atoms with Crippen molar-refractivity contribution in [3.05, 3.63) is 65.2 Å². The van der Waals surface area contributed by atoms with E-state index in [1.165, 1.54) is 5.56 Å². The molecule has 0 spiro atoms. The SMILES string of the molecule is N#CCNC(=O)C1(NC(=O)c2ccc(N3CCOCC3)cc2)CCc2ccccc2C1. The average Bonchev–Trinajstić information content (AvgIpc) is 2.83. The largest absolute Gasteiger partial charge is 0.378 e. The molecule has 0 saturated carbocycles. The number of fused-ring (bicyclic) bond motifs is 1. The number of ether oxygens (including phenoxy) is 1. The predicted molar refractivity (Wildman–Crippen MR) is 117 cm³/mol. The summed E-state index contributed by atoms with van der Waals surface area (Å²) in [4.78, 5) is 28.3. The fraction of sp³-hybridized carbons (Fsp3) is 0.375. The van der Waals surface area contributed by atoms with Gasteiger partial charge in [0.1, 0.15) is 12.1 Å². The third-order valence-corrected chi connectivity index (χ3v) is 6.05. The van der Waals surface area contributed by atoms with Gasteiger partial charge >= 0.3 is 0 Å². The Bertz CT molecular complexity index is 993. The Morgan fingerprint density at radius 2 is 1.77 bits per heavy atom. The summed E-state index contributed by atoms with van der Waals surface area (Å²) in [5.74, 6) is -0.609. The molecule has 0 aromatic heterocycles. The van der Waals surface area contributed by atoms with Crippen molar-refractivity contribution in [1.82, 2.24) is 10.6 Å². The van der Waals surface area contributed by atoms with Crippen LogP contribution in [-0.2, 0) is 22.4 Å². The highest BCUT2D eigenvalue weighted by Gasteiger charge is 2.42. The van der Waals surface area contributed by atoms with E-state index in [2.05, 4.69) is 21.6 Å². The minimum Gasteiger partial charge on any atom is -0.378 e. The van der Waals surface area contributed by atoms with E-state index < -0.39 is 5.54 Å². The van der Waals surface area contributed by atoms with Crippen molar-refractivity contribution in [1.29, 1.82) is 5.26 Å². The number of nitrogens with zero attached hydrogens (tertiary/aromatic N) is 2. The van der Waals surface area contributed by atoms with Gasteiger partial charge in [-0.05, 0) is 48.2 Å². The maximum atomic E-state index is 13.1. The number of carbonyl (C=O) groups is 2. The lowest BCUT2D eigenvalue weighted by molar-refractivity contribution is -0.127. The van der Waals surface area contributed by atoms with E-state index in [9.17, 15) is 9.59 Å². The summed E-state index contributed by atoms with van der Waals surface area (Å²) in [5.41, 5.74) is 2.71. The van der Waals surface area contributed by atoms with Crippen molar-refractivity contribution < 1.29 is 14.3 Å². The zero-order valence-corrected chi connectivity index (χ0v) is 17.4. The first kappa shape index (κ1) is 20.9. The summed E-state index contributed by atoms with van der Waals surface area (Å²) in [5, 5.41) is 14.5. The molecule has 1 fully saturated rings. The van der Waals surface area contributed by atoms with Gasteiger partial charge in [-0.3, -0.25) is 9.59 Å². The first-order valence-corrected chi connectivity index (χ1v) is 10.6. The van der Waals surface area contributed by atoms with Gasteiger partial charge in [-0.25, -0.2) is 0 Å². The van der Waals surface area contributed by atoms with Crippen LogP contribution in [0, 0.1) is 11.3 Å². The third kappa shape index (κ3) is 4.54. The number of aryl methyl sites for hydroxylation is 1. The van der Waals surface area contributed by atoms with Crippen LogP contribution < -0.4 is 15.5 Å². The molecule has 2 amide bonds. The van der Waals surface area contributed by atoms with E-state index in [-0.39, 0.29) is 18.4 Å². The minimum atomic E-state index is -1.08. The first-order chi connectivity index (χ1) is 15.1. The number of nitrogens with one attached hydrogen (secondary N) is 2. The molecule has 2 aliphatic rings. The van der Waals surface area contributed by atoms with Crippen LogP contribution in [0.1, 0.15) is 27.9 Å². The Hall–Kier alpha value is -3.37. The number of anilines is 1. The molecule has 31 heavy (non-hydrogen) atoms. The lowest BCUT2D eigenvalue weighted by atomic mass is 9.77. The zero-order valence-electron chi connectivity index (χ0n) is 17.4. The summed E-state index contributed by atoms with van der Waals surface area (Å²) >= 11 is 0. The molecule has 7 nitrogen and oxygen atoms in total. The Morgan fingerprint density at radius 3 is 2.48 bits per heavy atom. The molecule has 1 saturated heterocycles. The maximum absolute atomic E-state index is 13.1. The molecule has 1 heterocycles. The van der Waals surface area contributed by atoms with Crippen LogP contribution in [-0.4, -0.2) is 50.2 Å². The van der Waals surface area contributed by atoms with E-state index in [4.69, 9.17) is 10.00 Å². The summed E-state index contributed by atoms with van der Waals surface area (Å²) in [6.07, 6.45) is 1.57. The summed E-state index contributed by atoms with van der Waals surface area (Å²) < 4.78 is 5.39. The Morgan fingerprint density at radius 1 is 1.06 bits per heavy atom. The van der Waals surface area contributed by atoms with Gasteiger partial charge in [-0.2, -0.15) is 5.26 Å². The van der Waals surface area contributed by atoms with Crippen LogP contribution in [0.5, 0.6) is 0 Å². The highest BCUT2D eigenvalue weighted by Crippen LogP contribution is 2.30. The highest BCUT2D eigenvalue weighted by atomic mass is 16.5. The zero-order chi connectivity index (χ0) is 21.7. The molecule has 2 aromatic rings. The second-order valence-electron chi connectivity index (χ2n) is 7.97.